The Balaban J connectivity index is 1.97. The summed E-state index contributed by atoms with van der Waals surface area (Å²) in [5, 5.41) is 0. The monoisotopic (exact) mass is 224 g/mol. The molecule has 0 radical (unpaired) electrons. The van der Waals surface area contributed by atoms with E-state index < -0.39 is 5.54 Å². The smallest absolute Gasteiger partial charge is 0.326 e. The number of rotatable bonds is 1. The summed E-state index contributed by atoms with van der Waals surface area (Å²) >= 11 is 0. The maximum Gasteiger partial charge on any atom is 0.326 e. The van der Waals surface area contributed by atoms with E-state index in [9.17, 15) is 4.79 Å². The van der Waals surface area contributed by atoms with E-state index in [0.717, 1.165) is 32.1 Å². The Hall–Kier alpha value is -0.610. The minimum Gasteiger partial charge on any atom is -0.468 e. The van der Waals surface area contributed by atoms with Crippen LogP contribution in [0.2, 0.25) is 0 Å². The topological polar surface area (TPSA) is 78.3 Å². The van der Waals surface area contributed by atoms with Crippen LogP contribution in [0.4, 0.5) is 0 Å². The number of carbonyl (C=O) groups is 1. The number of ether oxygens (including phenoxy) is 1. The molecule has 0 heterocycles. The lowest BCUT2D eigenvalue weighted by molar-refractivity contribution is -0.164. The molecule has 2 unspecified atom stereocenters. The first-order chi connectivity index (χ1) is 7.48. The van der Waals surface area contributed by atoms with Crippen LogP contribution in [0.25, 0.3) is 0 Å². The van der Waals surface area contributed by atoms with Crippen LogP contribution in [-0.4, -0.2) is 24.2 Å². The van der Waals surface area contributed by atoms with E-state index in [2.05, 4.69) is 0 Å². The van der Waals surface area contributed by atoms with E-state index in [-0.39, 0.29) is 23.3 Å². The molecule has 4 nitrogen and oxygen atoms in total. The number of hydrogen-bond donors (Lipinski definition) is 2. The van der Waals surface area contributed by atoms with Crippen LogP contribution in [-0.2, 0) is 9.53 Å². The van der Waals surface area contributed by atoms with Crippen LogP contribution in [0, 0.1) is 17.8 Å². The van der Waals surface area contributed by atoms with Crippen molar-refractivity contribution in [1.82, 2.24) is 0 Å². The van der Waals surface area contributed by atoms with Gasteiger partial charge in [0, 0.05) is 5.54 Å². The molecule has 2 atom stereocenters. The van der Waals surface area contributed by atoms with Crippen molar-refractivity contribution in [2.24, 2.45) is 29.2 Å². The quantitative estimate of drug-likeness (QED) is 0.632. The summed E-state index contributed by atoms with van der Waals surface area (Å²) in [6.07, 6.45) is 5.02. The largest absolute Gasteiger partial charge is 0.468 e. The van der Waals surface area contributed by atoms with Crippen LogP contribution in [0.15, 0.2) is 0 Å². The molecule has 90 valence electrons. The van der Waals surface area contributed by atoms with E-state index in [1.165, 1.54) is 7.11 Å². The van der Waals surface area contributed by atoms with E-state index >= 15 is 0 Å². The molecule has 0 amide bonds. The van der Waals surface area contributed by atoms with Crippen molar-refractivity contribution >= 4 is 5.97 Å². The molecule has 0 spiro atoms. The maximum absolute atomic E-state index is 11.9. The van der Waals surface area contributed by atoms with Gasteiger partial charge in [-0.1, -0.05) is 0 Å². The summed E-state index contributed by atoms with van der Waals surface area (Å²) in [5.74, 6) is 0.918. The lowest BCUT2D eigenvalue weighted by Gasteiger charge is -2.61. The van der Waals surface area contributed by atoms with Gasteiger partial charge >= 0.3 is 5.97 Å². The third-order valence-corrected chi connectivity index (χ3v) is 5.13. The first-order valence-corrected chi connectivity index (χ1v) is 6.14. The predicted octanol–water partition coefficient (Wildman–Crippen LogP) is 0.394. The van der Waals surface area contributed by atoms with Gasteiger partial charge in [0.25, 0.3) is 0 Å². The number of esters is 1. The summed E-state index contributed by atoms with van der Waals surface area (Å²) < 4.78 is 4.91. The highest BCUT2D eigenvalue weighted by molar-refractivity contribution is 5.82. The normalized spacial score (nSPS) is 54.1. The van der Waals surface area contributed by atoms with Crippen LogP contribution in [0.1, 0.15) is 32.1 Å². The van der Waals surface area contributed by atoms with E-state index in [4.69, 9.17) is 16.2 Å². The Kier molecular flexibility index (Phi) is 1.97. The summed E-state index contributed by atoms with van der Waals surface area (Å²) in [6.45, 7) is 0. The highest BCUT2D eigenvalue weighted by Crippen LogP contribution is 2.58. The standard InChI is InChI=1S/C12H20N2O2/c1-16-10(15)12(14)8-2-7-3-9(12)6-11(13,4-7)5-8/h7-9H,2-6,13-14H2,1H3. The molecule has 4 heteroatoms. The minimum absolute atomic E-state index is 0.0482. The van der Waals surface area contributed by atoms with E-state index in [1.54, 1.807) is 0 Å². The van der Waals surface area contributed by atoms with Crippen molar-refractivity contribution in [2.45, 2.75) is 43.2 Å². The van der Waals surface area contributed by atoms with Gasteiger partial charge in [0.05, 0.1) is 7.11 Å². The van der Waals surface area contributed by atoms with Crippen LogP contribution in [0.5, 0.6) is 0 Å². The highest BCUT2D eigenvalue weighted by atomic mass is 16.5. The van der Waals surface area contributed by atoms with Crippen molar-refractivity contribution in [3.05, 3.63) is 0 Å². The second-order valence-corrected chi connectivity index (χ2v) is 6.13. The SMILES string of the molecule is COC(=O)C1(N)C2CC3CC1CC(N)(C3)C2. The Morgan fingerprint density at radius 3 is 2.19 bits per heavy atom. The molecule has 0 aromatic carbocycles. The zero-order valence-electron chi connectivity index (χ0n) is 9.74. The zero-order chi connectivity index (χ0) is 11.6. The van der Waals surface area contributed by atoms with Crippen LogP contribution in [0.3, 0.4) is 0 Å². The minimum atomic E-state index is -0.755. The van der Waals surface area contributed by atoms with Crippen molar-refractivity contribution in [3.8, 4) is 0 Å². The van der Waals surface area contributed by atoms with Gasteiger partial charge in [-0.2, -0.15) is 0 Å². The van der Waals surface area contributed by atoms with Gasteiger partial charge in [0.15, 0.2) is 0 Å². The molecule has 0 aromatic heterocycles. The Labute approximate surface area is 95.7 Å². The fourth-order valence-electron chi connectivity index (χ4n) is 4.61. The first-order valence-electron chi connectivity index (χ1n) is 6.14. The second-order valence-electron chi connectivity index (χ2n) is 6.13. The van der Waals surface area contributed by atoms with Gasteiger partial charge in [0.2, 0.25) is 0 Å². The van der Waals surface area contributed by atoms with Crippen molar-refractivity contribution in [2.75, 3.05) is 7.11 Å². The fourth-order valence-corrected chi connectivity index (χ4v) is 4.61. The number of methoxy groups -OCH3 is 1. The van der Waals surface area contributed by atoms with Crippen LogP contribution < -0.4 is 11.5 Å². The van der Waals surface area contributed by atoms with Gasteiger partial charge in [0.1, 0.15) is 5.54 Å². The molecule has 4 fully saturated rings. The van der Waals surface area contributed by atoms with Gasteiger partial charge < -0.3 is 16.2 Å². The molecule has 16 heavy (non-hydrogen) atoms. The van der Waals surface area contributed by atoms with Gasteiger partial charge in [-0.05, 0) is 49.9 Å². The molecule has 0 saturated heterocycles. The van der Waals surface area contributed by atoms with Crippen LogP contribution >= 0.6 is 0 Å². The number of hydrogen-bond acceptors (Lipinski definition) is 4. The molecule has 4 bridgehead atoms. The molecular formula is C12H20N2O2. The summed E-state index contributed by atoms with van der Waals surface area (Å²) in [7, 11) is 1.43. The van der Waals surface area contributed by atoms with E-state index in [1.807, 2.05) is 0 Å². The lowest BCUT2D eigenvalue weighted by atomic mass is 9.46. The summed E-state index contributed by atoms with van der Waals surface area (Å²) in [5.41, 5.74) is 11.9. The molecule has 4 saturated carbocycles. The summed E-state index contributed by atoms with van der Waals surface area (Å²) in [6, 6.07) is 0. The van der Waals surface area contributed by atoms with E-state index in [0.29, 0.717) is 5.92 Å². The third kappa shape index (κ3) is 1.14. The lowest BCUT2D eigenvalue weighted by Crippen LogP contribution is -2.72. The number of nitrogens with two attached hydrogens (primary N) is 2. The molecule has 4 aliphatic rings. The highest BCUT2D eigenvalue weighted by Gasteiger charge is 2.63. The molecule has 4 N–H and O–H groups in total. The van der Waals surface area contributed by atoms with Crippen molar-refractivity contribution in [1.29, 1.82) is 0 Å². The summed E-state index contributed by atoms with van der Waals surface area (Å²) in [4.78, 5) is 11.9. The van der Waals surface area contributed by atoms with Gasteiger partial charge in [-0.3, -0.25) is 4.79 Å². The third-order valence-electron chi connectivity index (χ3n) is 5.13. The maximum atomic E-state index is 11.9. The molecule has 0 aliphatic heterocycles. The molecule has 4 rings (SSSR count). The Bertz CT molecular complexity index is 326. The Morgan fingerprint density at radius 2 is 1.75 bits per heavy atom. The van der Waals surface area contributed by atoms with Crippen molar-refractivity contribution in [3.63, 3.8) is 0 Å². The van der Waals surface area contributed by atoms with Gasteiger partial charge in [-0.25, -0.2) is 0 Å². The fraction of sp³-hybridized carbons (Fsp3) is 0.917. The molecule has 0 aromatic rings. The first kappa shape index (κ1) is 10.5. The predicted molar refractivity (Wildman–Crippen MR) is 59.4 cm³/mol. The zero-order valence-corrected chi connectivity index (χ0v) is 9.74. The Morgan fingerprint density at radius 1 is 1.19 bits per heavy atom. The van der Waals surface area contributed by atoms with Crippen molar-refractivity contribution < 1.29 is 9.53 Å². The molecule has 4 aliphatic carbocycles. The molecular weight excluding hydrogens is 204 g/mol. The van der Waals surface area contributed by atoms with Gasteiger partial charge in [-0.15, -0.1) is 0 Å². The second kappa shape index (κ2) is 2.99. The number of carbonyl (C=O) groups excluding carboxylic acids is 1. The average Bonchev–Trinajstić information content (AvgIpc) is 2.22. The average molecular weight is 224 g/mol.